The van der Waals surface area contributed by atoms with Gasteiger partial charge in [0.15, 0.2) is 0 Å². The van der Waals surface area contributed by atoms with Crippen molar-refractivity contribution >= 4 is 33.2 Å². The van der Waals surface area contributed by atoms with Crippen LogP contribution in [0.5, 0.6) is 0 Å². The molecule has 0 bridgehead atoms. The second kappa shape index (κ2) is 6.51. The molecule has 0 aliphatic rings. The van der Waals surface area contributed by atoms with E-state index in [-0.39, 0.29) is 0 Å². The fraction of sp³-hybridized carbons (Fsp3) is 0.538. The van der Waals surface area contributed by atoms with Crippen molar-refractivity contribution in [1.29, 1.82) is 0 Å². The molecule has 0 aliphatic carbocycles. The number of alkyl halides is 1. The summed E-state index contributed by atoms with van der Waals surface area (Å²) in [6.07, 6.45) is 1.15. The monoisotopic (exact) mass is 303 g/mol. The highest BCUT2D eigenvalue weighted by molar-refractivity contribution is 9.08. The van der Waals surface area contributed by atoms with Crippen molar-refractivity contribution in [2.45, 2.75) is 38.6 Å². The number of anilines is 1. The number of nitrogens with zero attached hydrogens (tertiary/aromatic N) is 1. The van der Waals surface area contributed by atoms with Gasteiger partial charge < -0.3 is 4.90 Å². The predicted octanol–water partition coefficient (Wildman–Crippen LogP) is 4.86. The lowest BCUT2D eigenvalue weighted by atomic mass is 10.2. The van der Waals surface area contributed by atoms with Gasteiger partial charge in [-0.3, -0.25) is 0 Å². The van der Waals surface area contributed by atoms with Gasteiger partial charge in [0.05, 0.1) is 0 Å². The Balaban J connectivity index is 2.97. The zero-order valence-electron chi connectivity index (χ0n) is 10.1. The van der Waals surface area contributed by atoms with Gasteiger partial charge in [-0.25, -0.2) is 0 Å². The van der Waals surface area contributed by atoms with Crippen molar-refractivity contribution < 1.29 is 0 Å². The number of benzene rings is 1. The quantitative estimate of drug-likeness (QED) is 0.702. The molecule has 0 aliphatic heterocycles. The number of hydrogen-bond acceptors (Lipinski definition) is 1. The minimum atomic E-state index is 0.505. The average molecular weight is 305 g/mol. The number of hydrogen-bond donors (Lipinski definition) is 0. The minimum absolute atomic E-state index is 0.505. The van der Waals surface area contributed by atoms with Crippen LogP contribution < -0.4 is 4.90 Å². The van der Waals surface area contributed by atoms with Crippen LogP contribution in [0.4, 0.5) is 5.69 Å². The van der Waals surface area contributed by atoms with Gasteiger partial charge in [-0.1, -0.05) is 40.5 Å². The molecule has 0 radical (unpaired) electrons. The zero-order chi connectivity index (χ0) is 12.1. The smallest absolute Gasteiger partial charge is 0.0467 e. The minimum Gasteiger partial charge on any atom is -0.369 e. The maximum atomic E-state index is 6.22. The van der Waals surface area contributed by atoms with Crippen LogP contribution in [0.2, 0.25) is 5.02 Å². The maximum Gasteiger partial charge on any atom is 0.0467 e. The normalized spacial score (nSPS) is 10.9. The SMILES string of the molecule is CCCN(c1ccc(CBr)c(Cl)c1)C(C)C. The van der Waals surface area contributed by atoms with E-state index in [0.29, 0.717) is 6.04 Å². The van der Waals surface area contributed by atoms with E-state index in [1.54, 1.807) is 0 Å². The van der Waals surface area contributed by atoms with E-state index >= 15 is 0 Å². The molecule has 0 fully saturated rings. The standard InChI is InChI=1S/C13H19BrClN/c1-4-7-16(10(2)3)12-6-5-11(9-14)13(15)8-12/h5-6,8,10H,4,7,9H2,1-3H3. The molecule has 1 rings (SSSR count). The average Bonchev–Trinajstić information content (AvgIpc) is 2.25. The lowest BCUT2D eigenvalue weighted by Crippen LogP contribution is -2.31. The Kier molecular flexibility index (Phi) is 5.63. The van der Waals surface area contributed by atoms with E-state index in [9.17, 15) is 0 Å². The van der Waals surface area contributed by atoms with Crippen LogP contribution in [-0.4, -0.2) is 12.6 Å². The molecule has 0 aromatic heterocycles. The molecule has 1 nitrogen and oxygen atoms in total. The summed E-state index contributed by atoms with van der Waals surface area (Å²) in [5, 5.41) is 1.65. The van der Waals surface area contributed by atoms with Gasteiger partial charge in [0.1, 0.15) is 0 Å². The van der Waals surface area contributed by atoms with Crippen molar-refractivity contribution in [2.75, 3.05) is 11.4 Å². The lowest BCUT2D eigenvalue weighted by Gasteiger charge is -2.29. The second-order valence-electron chi connectivity index (χ2n) is 4.20. The first-order chi connectivity index (χ1) is 7.60. The molecule has 1 aromatic carbocycles. The van der Waals surface area contributed by atoms with E-state index in [2.05, 4.69) is 59.8 Å². The molecule has 0 unspecified atom stereocenters. The third-order valence-electron chi connectivity index (χ3n) is 2.60. The third kappa shape index (κ3) is 3.39. The topological polar surface area (TPSA) is 3.24 Å². The number of halogens is 2. The van der Waals surface area contributed by atoms with Gasteiger partial charge in [-0.15, -0.1) is 0 Å². The molecule has 3 heteroatoms. The molecule has 0 N–H and O–H groups in total. The molecular weight excluding hydrogens is 286 g/mol. The molecule has 0 saturated carbocycles. The van der Waals surface area contributed by atoms with Crippen molar-refractivity contribution in [3.05, 3.63) is 28.8 Å². The van der Waals surface area contributed by atoms with E-state index in [1.807, 2.05) is 0 Å². The fourth-order valence-electron chi connectivity index (χ4n) is 1.75. The Hall–Kier alpha value is -0.210. The highest BCUT2D eigenvalue weighted by atomic mass is 79.9. The molecular formula is C13H19BrClN. The van der Waals surface area contributed by atoms with Crippen molar-refractivity contribution in [3.63, 3.8) is 0 Å². The maximum absolute atomic E-state index is 6.22. The van der Waals surface area contributed by atoms with E-state index in [0.717, 1.165) is 28.9 Å². The van der Waals surface area contributed by atoms with Crippen LogP contribution >= 0.6 is 27.5 Å². The Labute approximate surface area is 112 Å². The van der Waals surface area contributed by atoms with E-state index < -0.39 is 0 Å². The number of rotatable bonds is 5. The van der Waals surface area contributed by atoms with Gasteiger partial charge in [-0.2, -0.15) is 0 Å². The van der Waals surface area contributed by atoms with E-state index in [4.69, 9.17) is 11.6 Å². The van der Waals surface area contributed by atoms with Crippen LogP contribution in [0, 0.1) is 0 Å². The van der Waals surface area contributed by atoms with Crippen LogP contribution in [0.1, 0.15) is 32.8 Å². The summed E-state index contributed by atoms with van der Waals surface area (Å²) in [4.78, 5) is 2.38. The third-order valence-corrected chi connectivity index (χ3v) is 3.56. The summed E-state index contributed by atoms with van der Waals surface area (Å²) in [6.45, 7) is 7.69. The van der Waals surface area contributed by atoms with Crippen LogP contribution in [0.3, 0.4) is 0 Å². The largest absolute Gasteiger partial charge is 0.369 e. The summed E-state index contributed by atoms with van der Waals surface area (Å²) in [5.41, 5.74) is 2.36. The highest BCUT2D eigenvalue weighted by Gasteiger charge is 2.10. The Morgan fingerprint density at radius 2 is 2.06 bits per heavy atom. The molecule has 0 saturated heterocycles. The fourth-order valence-corrected chi connectivity index (χ4v) is 2.64. The summed E-state index contributed by atoms with van der Waals surface area (Å²) >= 11 is 9.65. The van der Waals surface area contributed by atoms with Crippen LogP contribution in [0.15, 0.2) is 18.2 Å². The van der Waals surface area contributed by atoms with Crippen molar-refractivity contribution in [3.8, 4) is 0 Å². The van der Waals surface area contributed by atoms with Gasteiger partial charge in [-0.05, 0) is 38.0 Å². The molecule has 0 amide bonds. The van der Waals surface area contributed by atoms with Crippen molar-refractivity contribution in [1.82, 2.24) is 0 Å². The van der Waals surface area contributed by atoms with Crippen LogP contribution in [0.25, 0.3) is 0 Å². The molecule has 1 aromatic rings. The van der Waals surface area contributed by atoms with Crippen LogP contribution in [-0.2, 0) is 5.33 Å². The molecule has 16 heavy (non-hydrogen) atoms. The molecule has 0 heterocycles. The van der Waals surface area contributed by atoms with E-state index in [1.165, 1.54) is 5.69 Å². The summed E-state index contributed by atoms with van der Waals surface area (Å²) in [6, 6.07) is 6.81. The zero-order valence-corrected chi connectivity index (χ0v) is 12.5. The summed E-state index contributed by atoms with van der Waals surface area (Å²) in [7, 11) is 0. The predicted molar refractivity (Wildman–Crippen MR) is 76.9 cm³/mol. The molecule has 90 valence electrons. The highest BCUT2D eigenvalue weighted by Crippen LogP contribution is 2.26. The Bertz CT molecular complexity index is 339. The second-order valence-corrected chi connectivity index (χ2v) is 5.16. The summed E-state index contributed by atoms with van der Waals surface area (Å²) < 4.78 is 0. The molecule has 0 atom stereocenters. The van der Waals surface area contributed by atoms with Gasteiger partial charge >= 0.3 is 0 Å². The first-order valence-corrected chi connectivity index (χ1v) is 7.21. The Morgan fingerprint density at radius 3 is 2.50 bits per heavy atom. The first kappa shape index (κ1) is 13.9. The lowest BCUT2D eigenvalue weighted by molar-refractivity contribution is 0.671. The van der Waals surface area contributed by atoms with Gasteiger partial charge in [0, 0.05) is 28.6 Å². The Morgan fingerprint density at radius 1 is 1.38 bits per heavy atom. The molecule has 0 spiro atoms. The van der Waals surface area contributed by atoms with Gasteiger partial charge in [0.2, 0.25) is 0 Å². The van der Waals surface area contributed by atoms with Crippen molar-refractivity contribution in [2.24, 2.45) is 0 Å². The first-order valence-electron chi connectivity index (χ1n) is 5.71. The van der Waals surface area contributed by atoms with Gasteiger partial charge in [0.25, 0.3) is 0 Å². The summed E-state index contributed by atoms with van der Waals surface area (Å²) in [5.74, 6) is 0.